The number of para-hydroxylation sites is 3. The molecule has 0 amide bonds. The first-order chi connectivity index (χ1) is 39.0. The Kier molecular flexibility index (Phi) is 11.2. The first kappa shape index (κ1) is 47.0. The Labute approximate surface area is 470 Å². The molecule has 4 heteroatoms. The van der Waals surface area contributed by atoms with Crippen LogP contribution in [0.2, 0.25) is 0 Å². The Balaban J connectivity index is 0.994. The number of hydrogen-bond acceptors (Lipinski definition) is 2. The highest BCUT2D eigenvalue weighted by Gasteiger charge is 2.52. The topological polar surface area (TPSA) is 11.4 Å². The average molecular weight is 1080 g/mol. The summed E-state index contributed by atoms with van der Waals surface area (Å²) in [7, 11) is 0. The highest BCUT2D eigenvalue weighted by atomic mass is 79.9. The molecule has 11 aromatic carbocycles. The smallest absolute Gasteiger partial charge is 0.0727 e. The second-order valence-electron chi connectivity index (χ2n) is 21.3. The predicted octanol–water partition coefficient (Wildman–Crippen LogP) is 20.5. The van der Waals surface area contributed by atoms with Crippen molar-refractivity contribution in [3.05, 3.63) is 316 Å². The van der Waals surface area contributed by atoms with Gasteiger partial charge in [-0.2, -0.15) is 0 Å². The van der Waals surface area contributed by atoms with Gasteiger partial charge in [-0.3, -0.25) is 0 Å². The monoisotopic (exact) mass is 1080 g/mol. The SMILES string of the molecule is Cc1cccc(N(C2=CCCC=C2c2ccccc2)c2cc(C)cc(N(c3ccc4c(c3)C3(c5ccccc5-4)c4ccccc4-c4ccc(-n5c6ccccc6c6ccccc65)cc43)c3ccccc3-c3ccccc3)c2Br)c1. The highest BCUT2D eigenvalue weighted by Crippen LogP contribution is 2.64. The third-order valence-electron chi connectivity index (χ3n) is 16.8. The fraction of sp³-hybridized carbons (Fsp3) is 0.0667. The number of rotatable bonds is 9. The normalized spacial score (nSPS) is 14.9. The predicted molar refractivity (Wildman–Crippen MR) is 335 cm³/mol. The molecule has 0 fully saturated rings. The summed E-state index contributed by atoms with van der Waals surface area (Å²) in [5.74, 6) is 0. The quantitative estimate of drug-likeness (QED) is 0.143. The van der Waals surface area contributed by atoms with E-state index in [1.54, 1.807) is 0 Å². The largest absolute Gasteiger partial charge is 0.309 e. The van der Waals surface area contributed by atoms with Crippen LogP contribution in [0.1, 0.15) is 51.8 Å². The summed E-state index contributed by atoms with van der Waals surface area (Å²) in [6.45, 7) is 4.43. The Hall–Kier alpha value is -9.22. The summed E-state index contributed by atoms with van der Waals surface area (Å²) in [6.07, 6.45) is 6.79. The van der Waals surface area contributed by atoms with Crippen molar-refractivity contribution in [2.75, 3.05) is 9.80 Å². The van der Waals surface area contributed by atoms with Gasteiger partial charge in [0.05, 0.1) is 38.0 Å². The van der Waals surface area contributed by atoms with Crippen molar-refractivity contribution >= 4 is 71.7 Å². The van der Waals surface area contributed by atoms with Gasteiger partial charge >= 0.3 is 0 Å². The van der Waals surface area contributed by atoms with E-state index in [1.165, 1.54) is 88.7 Å². The highest BCUT2D eigenvalue weighted by molar-refractivity contribution is 9.10. The van der Waals surface area contributed by atoms with Crippen LogP contribution in [-0.4, -0.2) is 4.57 Å². The van der Waals surface area contributed by atoms with Crippen LogP contribution < -0.4 is 9.80 Å². The van der Waals surface area contributed by atoms with E-state index in [0.29, 0.717) is 0 Å². The zero-order chi connectivity index (χ0) is 52.8. The molecule has 0 radical (unpaired) electrons. The molecule has 0 aliphatic heterocycles. The summed E-state index contributed by atoms with van der Waals surface area (Å²) in [4.78, 5) is 5.01. The molecule has 0 saturated carbocycles. The van der Waals surface area contributed by atoms with E-state index in [-0.39, 0.29) is 0 Å². The number of fused-ring (bicyclic) bond motifs is 13. The molecule has 12 aromatic rings. The summed E-state index contributed by atoms with van der Waals surface area (Å²) < 4.78 is 3.46. The molecule has 1 aromatic heterocycles. The molecular weight excluding hydrogens is 1020 g/mol. The molecule has 3 aliphatic rings. The minimum atomic E-state index is -0.627. The van der Waals surface area contributed by atoms with Crippen LogP contribution in [-0.2, 0) is 5.41 Å². The molecule has 15 rings (SSSR count). The first-order valence-electron chi connectivity index (χ1n) is 27.5. The van der Waals surface area contributed by atoms with Crippen LogP contribution in [0.3, 0.4) is 0 Å². The van der Waals surface area contributed by atoms with E-state index < -0.39 is 5.41 Å². The molecule has 79 heavy (non-hydrogen) atoms. The molecule has 1 heterocycles. The lowest BCUT2D eigenvalue weighted by Gasteiger charge is -2.36. The van der Waals surface area contributed by atoms with Crippen LogP contribution in [0.15, 0.2) is 277 Å². The van der Waals surface area contributed by atoms with Gasteiger partial charge in [0.2, 0.25) is 0 Å². The number of aryl methyl sites for hydroxylation is 2. The Bertz CT molecular complexity index is 4420. The molecule has 0 N–H and O–H groups in total. The summed E-state index contributed by atoms with van der Waals surface area (Å²) in [6, 6.07) is 94.9. The van der Waals surface area contributed by atoms with Crippen LogP contribution in [0.4, 0.5) is 28.4 Å². The number of allylic oxidation sites excluding steroid dienone is 3. The van der Waals surface area contributed by atoms with Gasteiger partial charge in [0, 0.05) is 44.7 Å². The van der Waals surface area contributed by atoms with Gasteiger partial charge < -0.3 is 14.4 Å². The number of benzene rings is 11. The number of anilines is 5. The lowest BCUT2D eigenvalue weighted by molar-refractivity contribution is 0.792. The summed E-state index contributed by atoms with van der Waals surface area (Å²) in [5, 5.41) is 2.51. The van der Waals surface area contributed by atoms with Crippen molar-refractivity contribution < 1.29 is 0 Å². The van der Waals surface area contributed by atoms with Gasteiger partial charge in [-0.05, 0) is 176 Å². The van der Waals surface area contributed by atoms with Crippen molar-refractivity contribution in [3.63, 3.8) is 0 Å². The second-order valence-corrected chi connectivity index (χ2v) is 22.1. The molecule has 1 atom stereocenters. The van der Waals surface area contributed by atoms with Gasteiger partial charge in [0.1, 0.15) is 0 Å². The van der Waals surface area contributed by atoms with Crippen molar-refractivity contribution in [2.24, 2.45) is 0 Å². The third kappa shape index (κ3) is 7.31. The molecule has 3 nitrogen and oxygen atoms in total. The minimum Gasteiger partial charge on any atom is -0.309 e. The zero-order valence-corrected chi connectivity index (χ0v) is 45.6. The Morgan fingerprint density at radius 2 is 0.911 bits per heavy atom. The maximum Gasteiger partial charge on any atom is 0.0727 e. The van der Waals surface area contributed by atoms with Crippen LogP contribution >= 0.6 is 15.9 Å². The van der Waals surface area contributed by atoms with Gasteiger partial charge in [0.15, 0.2) is 0 Å². The van der Waals surface area contributed by atoms with Gasteiger partial charge in [-0.15, -0.1) is 0 Å². The van der Waals surface area contributed by atoms with Crippen LogP contribution in [0.5, 0.6) is 0 Å². The lowest BCUT2D eigenvalue weighted by atomic mass is 9.70. The summed E-state index contributed by atoms with van der Waals surface area (Å²) >= 11 is 4.47. The van der Waals surface area contributed by atoms with Crippen molar-refractivity contribution in [1.82, 2.24) is 4.57 Å². The number of aromatic nitrogens is 1. The van der Waals surface area contributed by atoms with Gasteiger partial charge in [-0.25, -0.2) is 0 Å². The first-order valence-corrected chi connectivity index (χ1v) is 28.3. The molecule has 1 spiro atoms. The van der Waals surface area contributed by atoms with Crippen LogP contribution in [0, 0.1) is 13.8 Å². The van der Waals surface area contributed by atoms with E-state index >= 15 is 0 Å². The molecule has 376 valence electrons. The minimum absolute atomic E-state index is 0.627. The van der Waals surface area contributed by atoms with E-state index in [1.807, 2.05) is 0 Å². The van der Waals surface area contributed by atoms with Gasteiger partial charge in [0.25, 0.3) is 0 Å². The zero-order valence-electron chi connectivity index (χ0n) is 44.0. The molecule has 1 unspecified atom stereocenters. The molecular formula is C75H54BrN3. The molecule has 3 aliphatic carbocycles. The number of nitrogens with zero attached hydrogens (tertiary/aromatic N) is 3. The average Bonchev–Trinajstić information content (AvgIpc) is 2.21. The van der Waals surface area contributed by atoms with Crippen molar-refractivity contribution in [2.45, 2.75) is 32.1 Å². The second kappa shape index (κ2) is 18.8. The third-order valence-corrected chi connectivity index (χ3v) is 17.6. The molecule has 0 bridgehead atoms. The van der Waals surface area contributed by atoms with Crippen molar-refractivity contribution in [1.29, 1.82) is 0 Å². The molecule has 0 saturated heterocycles. The number of halogens is 1. The maximum atomic E-state index is 4.47. The Morgan fingerprint density at radius 1 is 0.380 bits per heavy atom. The lowest BCUT2D eigenvalue weighted by Crippen LogP contribution is -2.26. The van der Waals surface area contributed by atoms with Crippen LogP contribution in [0.25, 0.3) is 66.4 Å². The fourth-order valence-electron chi connectivity index (χ4n) is 13.5. The standard InChI is InChI=1S/C75H54BrN3/c1-49-22-21-27-53(44-49)78(68-36-17-11-28-56(68)51-23-5-3-6-24-51)72-45-50(2)46-73(74(72)76)79(69-37-18-12-29-57(69)52-25-7-4-8-26-52)55-41-43-61-59-31-10-16-35-65(59)75(67(61)48-55)64-34-15-9-30-58(64)60-42-40-54(47-66(60)75)77-70-38-19-13-32-62(70)63-33-14-20-39-71(63)77/h3-10,12-16,18-48H,11,17H2,1-2H3. The fourth-order valence-corrected chi connectivity index (χ4v) is 14.1. The Morgan fingerprint density at radius 3 is 1.59 bits per heavy atom. The van der Waals surface area contributed by atoms with E-state index in [4.69, 9.17) is 0 Å². The van der Waals surface area contributed by atoms with Crippen molar-refractivity contribution in [3.8, 4) is 39.1 Å². The maximum absolute atomic E-state index is 4.47. The van der Waals surface area contributed by atoms with Gasteiger partial charge in [-0.1, -0.05) is 200 Å². The van der Waals surface area contributed by atoms with E-state index in [9.17, 15) is 0 Å². The summed E-state index contributed by atoms with van der Waals surface area (Å²) in [5.41, 5.74) is 26.8. The number of hydrogen-bond donors (Lipinski definition) is 0. The van der Waals surface area contributed by atoms with E-state index in [0.717, 1.165) is 68.1 Å². The van der Waals surface area contributed by atoms with E-state index in [2.05, 4.69) is 311 Å².